The van der Waals surface area contributed by atoms with Gasteiger partial charge in [-0.25, -0.2) is 0 Å². The topological polar surface area (TPSA) is 50.2 Å². The minimum Gasteiger partial charge on any atom is -0.339 e. The minimum atomic E-state index is 0.156. The summed E-state index contributed by atoms with van der Waals surface area (Å²) in [6.45, 7) is 5.71. The zero-order valence-corrected chi connectivity index (χ0v) is 8.94. The van der Waals surface area contributed by atoms with Gasteiger partial charge in [-0.3, -0.25) is 9.48 Å². The number of amides is 1. The average molecular weight is 208 g/mol. The lowest BCUT2D eigenvalue weighted by Gasteiger charge is -2.27. The molecule has 1 N–H and O–H groups in total. The van der Waals surface area contributed by atoms with Gasteiger partial charge in [0.2, 0.25) is 5.91 Å². The van der Waals surface area contributed by atoms with Crippen molar-refractivity contribution >= 4 is 5.91 Å². The molecule has 2 heterocycles. The van der Waals surface area contributed by atoms with Gasteiger partial charge in [0.15, 0.2) is 0 Å². The van der Waals surface area contributed by atoms with Crippen LogP contribution in [0, 0.1) is 6.92 Å². The molecule has 0 bridgehead atoms. The zero-order chi connectivity index (χ0) is 10.7. The van der Waals surface area contributed by atoms with Crippen LogP contribution in [0.4, 0.5) is 0 Å². The summed E-state index contributed by atoms with van der Waals surface area (Å²) in [5.74, 6) is 0.156. The Bertz CT molecular complexity index is 341. The van der Waals surface area contributed by atoms with Gasteiger partial charge >= 0.3 is 0 Å². The van der Waals surface area contributed by atoms with Gasteiger partial charge in [0.1, 0.15) is 6.54 Å². The Morgan fingerprint density at radius 2 is 2.27 bits per heavy atom. The Morgan fingerprint density at radius 1 is 1.53 bits per heavy atom. The fraction of sp³-hybridized carbons (Fsp3) is 0.600. The summed E-state index contributed by atoms with van der Waals surface area (Å²) in [5.41, 5.74) is 1.03. The molecular formula is C10H16N4O. The third-order valence-corrected chi connectivity index (χ3v) is 2.68. The van der Waals surface area contributed by atoms with E-state index in [2.05, 4.69) is 10.4 Å². The first-order valence-electron chi connectivity index (χ1n) is 5.24. The molecule has 0 unspecified atom stereocenters. The summed E-state index contributed by atoms with van der Waals surface area (Å²) in [7, 11) is 0. The van der Waals surface area contributed by atoms with E-state index in [0.717, 1.165) is 31.9 Å². The van der Waals surface area contributed by atoms with Crippen LogP contribution in [0.25, 0.3) is 0 Å². The molecule has 1 aliphatic rings. The summed E-state index contributed by atoms with van der Waals surface area (Å²) in [6.07, 6.45) is 1.72. The van der Waals surface area contributed by atoms with Crippen molar-refractivity contribution in [2.75, 3.05) is 26.2 Å². The molecule has 0 radical (unpaired) electrons. The lowest BCUT2D eigenvalue weighted by Crippen LogP contribution is -2.47. The molecule has 1 aliphatic heterocycles. The first-order chi connectivity index (χ1) is 7.27. The number of hydrogen-bond donors (Lipinski definition) is 1. The molecule has 0 aliphatic carbocycles. The number of hydrogen-bond acceptors (Lipinski definition) is 3. The highest BCUT2D eigenvalue weighted by molar-refractivity contribution is 5.76. The number of carbonyl (C=O) groups excluding carboxylic acids is 1. The maximum atomic E-state index is 11.9. The molecule has 0 aromatic carbocycles. The van der Waals surface area contributed by atoms with Gasteiger partial charge in [0.25, 0.3) is 0 Å². The molecule has 1 aromatic heterocycles. The summed E-state index contributed by atoms with van der Waals surface area (Å²) >= 11 is 0. The lowest BCUT2D eigenvalue weighted by molar-refractivity contribution is -0.132. The molecule has 82 valence electrons. The molecule has 0 saturated carbocycles. The van der Waals surface area contributed by atoms with Crippen molar-refractivity contribution in [1.82, 2.24) is 20.0 Å². The number of carbonyl (C=O) groups is 1. The van der Waals surface area contributed by atoms with Crippen LogP contribution in [-0.4, -0.2) is 46.8 Å². The fourth-order valence-corrected chi connectivity index (χ4v) is 1.71. The van der Waals surface area contributed by atoms with E-state index in [-0.39, 0.29) is 5.91 Å². The molecule has 2 rings (SSSR count). The van der Waals surface area contributed by atoms with E-state index in [9.17, 15) is 4.79 Å². The Kier molecular flexibility index (Phi) is 3.01. The Hall–Kier alpha value is -1.36. The molecule has 1 aromatic rings. The molecule has 1 saturated heterocycles. The molecule has 5 heteroatoms. The number of nitrogens with zero attached hydrogens (tertiary/aromatic N) is 3. The molecule has 0 spiro atoms. The van der Waals surface area contributed by atoms with Crippen molar-refractivity contribution in [3.8, 4) is 0 Å². The Labute approximate surface area is 89.1 Å². The van der Waals surface area contributed by atoms with Gasteiger partial charge in [-0.15, -0.1) is 0 Å². The smallest absolute Gasteiger partial charge is 0.244 e. The molecular weight excluding hydrogens is 192 g/mol. The van der Waals surface area contributed by atoms with Crippen molar-refractivity contribution < 1.29 is 4.79 Å². The second-order valence-corrected chi connectivity index (χ2v) is 3.76. The van der Waals surface area contributed by atoms with Crippen molar-refractivity contribution in [1.29, 1.82) is 0 Å². The second-order valence-electron chi connectivity index (χ2n) is 3.76. The van der Waals surface area contributed by atoms with Gasteiger partial charge in [-0.1, -0.05) is 0 Å². The monoisotopic (exact) mass is 208 g/mol. The lowest BCUT2D eigenvalue weighted by atomic mass is 10.3. The van der Waals surface area contributed by atoms with Crippen molar-refractivity contribution in [3.05, 3.63) is 18.0 Å². The van der Waals surface area contributed by atoms with Crippen molar-refractivity contribution in [2.45, 2.75) is 13.5 Å². The highest BCUT2D eigenvalue weighted by Gasteiger charge is 2.16. The third-order valence-electron chi connectivity index (χ3n) is 2.68. The number of nitrogens with one attached hydrogen (secondary N) is 1. The largest absolute Gasteiger partial charge is 0.339 e. The summed E-state index contributed by atoms with van der Waals surface area (Å²) < 4.78 is 1.74. The average Bonchev–Trinajstić information content (AvgIpc) is 2.66. The van der Waals surface area contributed by atoms with Crippen LogP contribution in [0.1, 0.15) is 5.69 Å². The minimum absolute atomic E-state index is 0.156. The third kappa shape index (κ3) is 2.36. The van der Waals surface area contributed by atoms with E-state index < -0.39 is 0 Å². The van der Waals surface area contributed by atoms with Gasteiger partial charge in [0, 0.05) is 38.1 Å². The highest BCUT2D eigenvalue weighted by atomic mass is 16.2. The molecule has 1 fully saturated rings. The molecule has 0 atom stereocenters. The highest BCUT2D eigenvalue weighted by Crippen LogP contribution is 1.99. The molecule has 5 nitrogen and oxygen atoms in total. The van der Waals surface area contributed by atoms with Gasteiger partial charge in [-0.2, -0.15) is 5.10 Å². The van der Waals surface area contributed by atoms with Crippen LogP contribution >= 0.6 is 0 Å². The van der Waals surface area contributed by atoms with E-state index in [0.29, 0.717) is 6.54 Å². The molecule has 1 amide bonds. The number of piperazine rings is 1. The van der Waals surface area contributed by atoms with Crippen LogP contribution in [-0.2, 0) is 11.3 Å². The second kappa shape index (κ2) is 4.44. The van der Waals surface area contributed by atoms with Crippen LogP contribution < -0.4 is 5.32 Å². The maximum Gasteiger partial charge on any atom is 0.244 e. The number of rotatable bonds is 2. The number of aryl methyl sites for hydroxylation is 1. The van der Waals surface area contributed by atoms with Crippen LogP contribution in [0.15, 0.2) is 12.3 Å². The quantitative estimate of drug-likeness (QED) is 0.721. The SMILES string of the molecule is Cc1ccnn1CC(=O)N1CCNCC1. The van der Waals surface area contributed by atoms with Crippen molar-refractivity contribution in [3.63, 3.8) is 0 Å². The van der Waals surface area contributed by atoms with E-state index >= 15 is 0 Å². The predicted molar refractivity (Wildman–Crippen MR) is 56.4 cm³/mol. The Morgan fingerprint density at radius 3 is 2.87 bits per heavy atom. The van der Waals surface area contributed by atoms with E-state index in [1.54, 1.807) is 10.9 Å². The van der Waals surface area contributed by atoms with Crippen LogP contribution in [0.2, 0.25) is 0 Å². The standard InChI is InChI=1S/C10H16N4O/c1-9-2-3-12-14(9)8-10(15)13-6-4-11-5-7-13/h2-3,11H,4-8H2,1H3. The first kappa shape index (κ1) is 10.2. The zero-order valence-electron chi connectivity index (χ0n) is 8.94. The maximum absolute atomic E-state index is 11.9. The predicted octanol–water partition coefficient (Wildman–Crippen LogP) is -0.377. The van der Waals surface area contributed by atoms with Crippen LogP contribution in [0.5, 0.6) is 0 Å². The number of aromatic nitrogens is 2. The van der Waals surface area contributed by atoms with Gasteiger partial charge < -0.3 is 10.2 Å². The molecule has 15 heavy (non-hydrogen) atoms. The summed E-state index contributed by atoms with van der Waals surface area (Å²) in [4.78, 5) is 13.7. The van der Waals surface area contributed by atoms with E-state index in [1.807, 2.05) is 17.9 Å². The van der Waals surface area contributed by atoms with Crippen LogP contribution in [0.3, 0.4) is 0 Å². The normalized spacial score (nSPS) is 16.7. The van der Waals surface area contributed by atoms with Gasteiger partial charge in [0.05, 0.1) is 0 Å². The Balaban J connectivity index is 1.94. The first-order valence-corrected chi connectivity index (χ1v) is 5.24. The summed E-state index contributed by atoms with van der Waals surface area (Å²) in [6, 6.07) is 1.91. The van der Waals surface area contributed by atoms with Crippen molar-refractivity contribution in [2.24, 2.45) is 0 Å². The van der Waals surface area contributed by atoms with E-state index in [1.165, 1.54) is 0 Å². The fourth-order valence-electron chi connectivity index (χ4n) is 1.71. The van der Waals surface area contributed by atoms with E-state index in [4.69, 9.17) is 0 Å². The summed E-state index contributed by atoms with van der Waals surface area (Å²) in [5, 5.41) is 7.33. The van der Waals surface area contributed by atoms with Gasteiger partial charge in [-0.05, 0) is 13.0 Å².